The SMILES string of the molecule is NCC(F)(F)CNS(=O)(=O)c1cc(Cl)ccc1F. The van der Waals surface area contributed by atoms with Gasteiger partial charge in [0.05, 0.1) is 13.1 Å². The molecule has 1 rings (SSSR count). The summed E-state index contributed by atoms with van der Waals surface area (Å²) in [5, 5.41) is -0.0256. The molecule has 0 aliphatic rings. The smallest absolute Gasteiger partial charge is 0.273 e. The van der Waals surface area contributed by atoms with Crippen LogP contribution in [0.2, 0.25) is 5.02 Å². The van der Waals surface area contributed by atoms with Crippen molar-refractivity contribution in [2.24, 2.45) is 5.73 Å². The number of nitrogens with one attached hydrogen (secondary N) is 1. The van der Waals surface area contributed by atoms with Gasteiger partial charge in [0.2, 0.25) is 10.0 Å². The van der Waals surface area contributed by atoms with Gasteiger partial charge in [-0.05, 0) is 18.2 Å². The molecule has 102 valence electrons. The van der Waals surface area contributed by atoms with Crippen LogP contribution in [0.25, 0.3) is 0 Å². The Balaban J connectivity index is 2.97. The van der Waals surface area contributed by atoms with E-state index in [0.29, 0.717) is 0 Å². The maximum atomic E-state index is 13.3. The molecule has 0 aliphatic carbocycles. The molecule has 9 heteroatoms. The summed E-state index contributed by atoms with van der Waals surface area (Å²) < 4.78 is 63.6. The molecule has 1 aromatic carbocycles. The minimum Gasteiger partial charge on any atom is -0.325 e. The Bertz CT molecular complexity index is 537. The first kappa shape index (κ1) is 15.2. The van der Waals surface area contributed by atoms with Crippen LogP contribution in [0.4, 0.5) is 13.2 Å². The van der Waals surface area contributed by atoms with Crippen LogP contribution in [-0.2, 0) is 10.0 Å². The maximum absolute atomic E-state index is 13.3. The predicted octanol–water partition coefficient (Wildman–Crippen LogP) is 1.35. The Morgan fingerprint density at radius 2 is 2.00 bits per heavy atom. The van der Waals surface area contributed by atoms with Crippen LogP contribution in [-0.4, -0.2) is 27.4 Å². The van der Waals surface area contributed by atoms with E-state index in [2.05, 4.69) is 0 Å². The molecule has 1 aromatic rings. The molecule has 0 unspecified atom stereocenters. The summed E-state index contributed by atoms with van der Waals surface area (Å²) in [4.78, 5) is -0.789. The Kier molecular flexibility index (Phi) is 4.60. The van der Waals surface area contributed by atoms with E-state index < -0.39 is 39.7 Å². The van der Waals surface area contributed by atoms with Gasteiger partial charge in [0.15, 0.2) is 0 Å². The van der Waals surface area contributed by atoms with E-state index in [1.54, 1.807) is 4.72 Å². The summed E-state index contributed by atoms with van der Waals surface area (Å²) in [5.74, 6) is -4.48. The average Bonchev–Trinajstić information content (AvgIpc) is 2.30. The van der Waals surface area contributed by atoms with Crippen LogP contribution >= 0.6 is 11.6 Å². The average molecular weight is 303 g/mol. The zero-order valence-electron chi connectivity index (χ0n) is 8.96. The highest BCUT2D eigenvalue weighted by Gasteiger charge is 2.30. The Labute approximate surface area is 107 Å². The molecule has 18 heavy (non-hydrogen) atoms. The lowest BCUT2D eigenvalue weighted by Gasteiger charge is -2.15. The summed E-state index contributed by atoms with van der Waals surface area (Å²) in [7, 11) is -4.40. The van der Waals surface area contributed by atoms with Crippen LogP contribution in [0.3, 0.4) is 0 Å². The Morgan fingerprint density at radius 1 is 1.39 bits per heavy atom. The second-order valence-electron chi connectivity index (χ2n) is 3.46. The van der Waals surface area contributed by atoms with Crippen LogP contribution < -0.4 is 10.5 Å². The third-order valence-corrected chi connectivity index (χ3v) is 3.65. The maximum Gasteiger partial charge on any atom is 0.273 e. The fourth-order valence-electron chi connectivity index (χ4n) is 1.03. The van der Waals surface area contributed by atoms with Gasteiger partial charge in [-0.1, -0.05) is 11.6 Å². The monoisotopic (exact) mass is 302 g/mol. The van der Waals surface area contributed by atoms with E-state index in [4.69, 9.17) is 17.3 Å². The van der Waals surface area contributed by atoms with E-state index in [9.17, 15) is 21.6 Å². The first-order valence-corrected chi connectivity index (χ1v) is 6.57. The van der Waals surface area contributed by atoms with E-state index >= 15 is 0 Å². The fraction of sp³-hybridized carbons (Fsp3) is 0.333. The van der Waals surface area contributed by atoms with Gasteiger partial charge in [0.25, 0.3) is 5.92 Å². The van der Waals surface area contributed by atoms with Crippen LogP contribution in [0.1, 0.15) is 0 Å². The third-order valence-electron chi connectivity index (χ3n) is 2.00. The van der Waals surface area contributed by atoms with Crippen molar-refractivity contribution in [3.8, 4) is 0 Å². The lowest BCUT2D eigenvalue weighted by molar-refractivity contribution is 0.0170. The Hall–Kier alpha value is -0.830. The molecule has 0 radical (unpaired) electrons. The van der Waals surface area contributed by atoms with Crippen LogP contribution in [0, 0.1) is 5.82 Å². The molecular formula is C9H10ClF3N2O2S. The molecule has 4 nitrogen and oxygen atoms in total. The van der Waals surface area contributed by atoms with Crippen LogP contribution in [0.15, 0.2) is 23.1 Å². The first-order chi connectivity index (χ1) is 8.18. The van der Waals surface area contributed by atoms with Gasteiger partial charge in [0.1, 0.15) is 10.7 Å². The Morgan fingerprint density at radius 3 is 2.56 bits per heavy atom. The summed E-state index contributed by atoms with van der Waals surface area (Å²) in [6, 6.07) is 2.81. The number of hydrogen-bond donors (Lipinski definition) is 2. The van der Waals surface area contributed by atoms with Gasteiger partial charge in [-0.2, -0.15) is 0 Å². The highest BCUT2D eigenvalue weighted by molar-refractivity contribution is 7.89. The van der Waals surface area contributed by atoms with Crippen molar-refractivity contribution >= 4 is 21.6 Å². The first-order valence-electron chi connectivity index (χ1n) is 4.70. The zero-order valence-corrected chi connectivity index (χ0v) is 10.5. The number of alkyl halides is 2. The standard InChI is InChI=1S/C9H10ClF3N2O2S/c10-6-1-2-7(11)8(3-6)18(16,17)15-5-9(12,13)4-14/h1-3,15H,4-5,14H2. The van der Waals surface area contributed by atoms with Crippen molar-refractivity contribution < 1.29 is 21.6 Å². The number of hydrogen-bond acceptors (Lipinski definition) is 3. The molecule has 0 spiro atoms. The van der Waals surface area contributed by atoms with E-state index in [1.165, 1.54) is 0 Å². The predicted molar refractivity (Wildman–Crippen MR) is 60.6 cm³/mol. The van der Waals surface area contributed by atoms with Gasteiger partial charge in [0, 0.05) is 5.02 Å². The molecule has 0 aromatic heterocycles. The largest absolute Gasteiger partial charge is 0.325 e. The van der Waals surface area contributed by atoms with Crippen molar-refractivity contribution in [2.45, 2.75) is 10.8 Å². The molecule has 0 aliphatic heterocycles. The molecule has 0 bridgehead atoms. The van der Waals surface area contributed by atoms with Crippen molar-refractivity contribution in [1.29, 1.82) is 0 Å². The van der Waals surface area contributed by atoms with Gasteiger partial charge < -0.3 is 5.73 Å². The van der Waals surface area contributed by atoms with E-state index in [0.717, 1.165) is 18.2 Å². The lowest BCUT2D eigenvalue weighted by atomic mass is 10.3. The second kappa shape index (κ2) is 5.43. The number of halogens is 4. The van der Waals surface area contributed by atoms with Gasteiger partial charge >= 0.3 is 0 Å². The lowest BCUT2D eigenvalue weighted by Crippen LogP contribution is -2.41. The summed E-state index contributed by atoms with van der Waals surface area (Å²) in [5.41, 5.74) is 4.75. The van der Waals surface area contributed by atoms with E-state index in [1.807, 2.05) is 0 Å². The molecule has 0 saturated carbocycles. The van der Waals surface area contributed by atoms with Crippen molar-refractivity contribution in [3.63, 3.8) is 0 Å². The molecule has 0 heterocycles. The van der Waals surface area contributed by atoms with Gasteiger partial charge in [-0.25, -0.2) is 26.3 Å². The number of nitrogens with two attached hydrogens (primary N) is 1. The van der Waals surface area contributed by atoms with Crippen LogP contribution in [0.5, 0.6) is 0 Å². The minimum atomic E-state index is -4.40. The van der Waals surface area contributed by atoms with Crippen molar-refractivity contribution in [2.75, 3.05) is 13.1 Å². The zero-order chi connectivity index (χ0) is 14.0. The molecular weight excluding hydrogens is 293 g/mol. The quantitative estimate of drug-likeness (QED) is 0.862. The summed E-state index contributed by atoms with van der Waals surface area (Å²) in [6.07, 6.45) is 0. The third kappa shape index (κ3) is 3.84. The van der Waals surface area contributed by atoms with E-state index in [-0.39, 0.29) is 5.02 Å². The van der Waals surface area contributed by atoms with Gasteiger partial charge in [-0.3, -0.25) is 0 Å². The fourth-order valence-corrected chi connectivity index (χ4v) is 2.43. The highest BCUT2D eigenvalue weighted by Crippen LogP contribution is 2.20. The number of benzene rings is 1. The number of sulfonamides is 1. The van der Waals surface area contributed by atoms with Gasteiger partial charge in [-0.15, -0.1) is 0 Å². The summed E-state index contributed by atoms with van der Waals surface area (Å²) >= 11 is 5.51. The summed E-state index contributed by atoms with van der Waals surface area (Å²) in [6.45, 7) is -2.23. The molecule has 0 saturated heterocycles. The molecule has 0 atom stereocenters. The second-order valence-corrected chi connectivity index (χ2v) is 5.63. The minimum absolute atomic E-state index is 0.0256. The van der Waals surface area contributed by atoms with Crippen molar-refractivity contribution in [1.82, 2.24) is 4.72 Å². The molecule has 3 N–H and O–H groups in total. The highest BCUT2D eigenvalue weighted by atomic mass is 35.5. The van der Waals surface area contributed by atoms with Crippen molar-refractivity contribution in [3.05, 3.63) is 29.0 Å². The molecule has 0 fully saturated rings. The molecule has 0 amide bonds. The normalized spacial score (nSPS) is 12.7. The number of rotatable bonds is 5. The topological polar surface area (TPSA) is 72.2 Å².